The highest BCUT2D eigenvalue weighted by Crippen LogP contribution is 2.23. The predicted octanol–water partition coefficient (Wildman–Crippen LogP) is 1.05. The van der Waals surface area contributed by atoms with Crippen LogP contribution in [0.4, 0.5) is 5.69 Å². The summed E-state index contributed by atoms with van der Waals surface area (Å²) < 4.78 is 0. The third-order valence-electron chi connectivity index (χ3n) is 4.58. The van der Waals surface area contributed by atoms with Crippen molar-refractivity contribution in [2.24, 2.45) is 5.92 Å². The lowest BCUT2D eigenvalue weighted by Crippen LogP contribution is -2.43. The van der Waals surface area contributed by atoms with Crippen LogP contribution in [0.3, 0.4) is 0 Å². The van der Waals surface area contributed by atoms with E-state index in [1.165, 1.54) is 12.8 Å². The van der Waals surface area contributed by atoms with Crippen LogP contribution < -0.4 is 15.8 Å². The SMILES string of the molecule is O=C(NC1CCCC1)C1CCN(c2cn[nH]c(=O)c2)CC1. The van der Waals surface area contributed by atoms with Crippen molar-refractivity contribution in [2.75, 3.05) is 18.0 Å². The van der Waals surface area contributed by atoms with E-state index in [1.54, 1.807) is 12.3 Å². The van der Waals surface area contributed by atoms with Crippen molar-refractivity contribution in [3.8, 4) is 0 Å². The zero-order valence-electron chi connectivity index (χ0n) is 12.2. The summed E-state index contributed by atoms with van der Waals surface area (Å²) in [5.74, 6) is 0.322. The van der Waals surface area contributed by atoms with Crippen LogP contribution in [-0.2, 0) is 4.79 Å². The maximum Gasteiger partial charge on any atom is 0.266 e. The summed E-state index contributed by atoms with van der Waals surface area (Å²) in [5, 5.41) is 9.39. The smallest absolute Gasteiger partial charge is 0.266 e. The molecule has 1 aromatic rings. The van der Waals surface area contributed by atoms with Crippen molar-refractivity contribution in [1.82, 2.24) is 15.5 Å². The summed E-state index contributed by atoms with van der Waals surface area (Å²) in [4.78, 5) is 25.7. The molecule has 3 rings (SSSR count). The van der Waals surface area contributed by atoms with E-state index in [-0.39, 0.29) is 17.4 Å². The first-order valence-corrected chi connectivity index (χ1v) is 7.82. The molecule has 2 heterocycles. The third-order valence-corrected chi connectivity index (χ3v) is 4.58. The molecule has 2 aliphatic rings. The van der Waals surface area contributed by atoms with E-state index in [0.717, 1.165) is 44.5 Å². The third kappa shape index (κ3) is 3.43. The Kier molecular flexibility index (Phi) is 4.22. The predicted molar refractivity (Wildman–Crippen MR) is 80.2 cm³/mol. The molecule has 1 amide bonds. The number of rotatable bonds is 3. The molecule has 1 saturated carbocycles. The van der Waals surface area contributed by atoms with Gasteiger partial charge >= 0.3 is 0 Å². The van der Waals surface area contributed by atoms with Crippen LogP contribution in [0.25, 0.3) is 0 Å². The molecule has 0 radical (unpaired) electrons. The maximum absolute atomic E-state index is 12.3. The van der Waals surface area contributed by atoms with Gasteiger partial charge in [-0.15, -0.1) is 0 Å². The van der Waals surface area contributed by atoms with Crippen molar-refractivity contribution in [3.05, 3.63) is 22.6 Å². The van der Waals surface area contributed by atoms with Crippen LogP contribution in [0.15, 0.2) is 17.1 Å². The second-order valence-electron chi connectivity index (χ2n) is 6.05. The lowest BCUT2D eigenvalue weighted by molar-refractivity contribution is -0.126. The molecule has 6 heteroatoms. The molecular weight excluding hydrogens is 268 g/mol. The van der Waals surface area contributed by atoms with Crippen LogP contribution in [0, 0.1) is 5.92 Å². The van der Waals surface area contributed by atoms with Crippen molar-refractivity contribution < 1.29 is 4.79 Å². The number of carbonyl (C=O) groups is 1. The Morgan fingerprint density at radius 3 is 2.62 bits per heavy atom. The van der Waals surface area contributed by atoms with Crippen molar-refractivity contribution in [2.45, 2.75) is 44.6 Å². The number of anilines is 1. The minimum atomic E-state index is -0.186. The number of hydrogen-bond donors (Lipinski definition) is 2. The zero-order valence-corrected chi connectivity index (χ0v) is 12.2. The van der Waals surface area contributed by atoms with Crippen LogP contribution in [0.1, 0.15) is 38.5 Å². The summed E-state index contributed by atoms with van der Waals surface area (Å²) in [6, 6.07) is 1.96. The molecule has 0 spiro atoms. The van der Waals surface area contributed by atoms with E-state index in [1.807, 2.05) is 0 Å². The molecule has 1 aliphatic heterocycles. The van der Waals surface area contributed by atoms with Gasteiger partial charge in [-0.05, 0) is 25.7 Å². The molecule has 1 aromatic heterocycles. The fourth-order valence-corrected chi connectivity index (χ4v) is 3.33. The molecule has 0 unspecified atom stereocenters. The second-order valence-corrected chi connectivity index (χ2v) is 6.05. The van der Waals surface area contributed by atoms with Gasteiger partial charge in [0.1, 0.15) is 0 Å². The van der Waals surface area contributed by atoms with Gasteiger partial charge < -0.3 is 10.2 Å². The largest absolute Gasteiger partial charge is 0.370 e. The van der Waals surface area contributed by atoms with Crippen LogP contribution in [-0.4, -0.2) is 35.2 Å². The number of amides is 1. The van der Waals surface area contributed by atoms with E-state index >= 15 is 0 Å². The summed E-state index contributed by atoms with van der Waals surface area (Å²) >= 11 is 0. The maximum atomic E-state index is 12.3. The summed E-state index contributed by atoms with van der Waals surface area (Å²) in [5.41, 5.74) is 0.655. The number of nitrogens with one attached hydrogen (secondary N) is 2. The molecule has 1 aliphatic carbocycles. The number of piperidine rings is 1. The Labute approximate surface area is 123 Å². The fraction of sp³-hybridized carbons (Fsp3) is 0.667. The van der Waals surface area contributed by atoms with Gasteiger partial charge in [-0.3, -0.25) is 9.59 Å². The lowest BCUT2D eigenvalue weighted by Gasteiger charge is -2.33. The van der Waals surface area contributed by atoms with E-state index in [4.69, 9.17) is 0 Å². The Bertz CT molecular complexity index is 543. The monoisotopic (exact) mass is 290 g/mol. The van der Waals surface area contributed by atoms with Crippen molar-refractivity contribution >= 4 is 11.6 Å². The van der Waals surface area contributed by atoms with E-state index in [0.29, 0.717) is 6.04 Å². The van der Waals surface area contributed by atoms with E-state index in [9.17, 15) is 9.59 Å². The first-order chi connectivity index (χ1) is 10.2. The van der Waals surface area contributed by atoms with Crippen molar-refractivity contribution in [1.29, 1.82) is 0 Å². The summed E-state index contributed by atoms with van der Waals surface area (Å²) in [6.45, 7) is 1.60. The first-order valence-electron chi connectivity index (χ1n) is 7.82. The van der Waals surface area contributed by atoms with Crippen molar-refractivity contribution in [3.63, 3.8) is 0 Å². The lowest BCUT2D eigenvalue weighted by atomic mass is 9.95. The highest BCUT2D eigenvalue weighted by molar-refractivity contribution is 5.79. The number of hydrogen-bond acceptors (Lipinski definition) is 4. The standard InChI is InChI=1S/C15H22N4O2/c20-14-9-13(10-16-18-14)19-7-5-11(6-8-19)15(21)17-12-3-1-2-4-12/h9-12H,1-8H2,(H,17,21)(H,18,20). The quantitative estimate of drug-likeness (QED) is 0.872. The van der Waals surface area contributed by atoms with Gasteiger partial charge in [-0.1, -0.05) is 12.8 Å². The van der Waals surface area contributed by atoms with E-state index < -0.39 is 0 Å². The summed E-state index contributed by atoms with van der Waals surface area (Å²) in [7, 11) is 0. The second kappa shape index (κ2) is 6.28. The van der Waals surface area contributed by atoms with Gasteiger partial charge in [0.05, 0.1) is 11.9 Å². The van der Waals surface area contributed by atoms with Gasteiger partial charge in [0.25, 0.3) is 5.56 Å². The average Bonchev–Trinajstić information content (AvgIpc) is 3.00. The Hall–Kier alpha value is -1.85. The van der Waals surface area contributed by atoms with Gasteiger partial charge in [0.15, 0.2) is 0 Å². The Balaban J connectivity index is 1.52. The topological polar surface area (TPSA) is 78.1 Å². The molecule has 2 fully saturated rings. The highest BCUT2D eigenvalue weighted by Gasteiger charge is 2.27. The van der Waals surface area contributed by atoms with E-state index in [2.05, 4.69) is 20.4 Å². The molecule has 21 heavy (non-hydrogen) atoms. The van der Waals surface area contributed by atoms with Gasteiger partial charge in [-0.2, -0.15) is 5.10 Å². The molecule has 0 bridgehead atoms. The molecule has 0 atom stereocenters. The Morgan fingerprint density at radius 1 is 1.24 bits per heavy atom. The molecule has 6 nitrogen and oxygen atoms in total. The number of nitrogens with zero attached hydrogens (tertiary/aromatic N) is 2. The van der Waals surface area contributed by atoms with Gasteiger partial charge in [0, 0.05) is 31.1 Å². The fourth-order valence-electron chi connectivity index (χ4n) is 3.33. The molecule has 0 aromatic carbocycles. The minimum absolute atomic E-state index is 0.108. The van der Waals surface area contributed by atoms with Crippen LogP contribution >= 0.6 is 0 Å². The average molecular weight is 290 g/mol. The highest BCUT2D eigenvalue weighted by atomic mass is 16.2. The molecule has 1 saturated heterocycles. The molecule has 114 valence electrons. The Morgan fingerprint density at radius 2 is 1.95 bits per heavy atom. The first kappa shape index (κ1) is 14.1. The molecular formula is C15H22N4O2. The van der Waals surface area contributed by atoms with Gasteiger partial charge in [-0.25, -0.2) is 5.10 Å². The van der Waals surface area contributed by atoms with Gasteiger partial charge in [0.2, 0.25) is 5.91 Å². The normalized spacial score (nSPS) is 20.7. The van der Waals surface area contributed by atoms with Crippen LogP contribution in [0.5, 0.6) is 0 Å². The number of aromatic nitrogens is 2. The van der Waals surface area contributed by atoms with Crippen LogP contribution in [0.2, 0.25) is 0 Å². The number of H-pyrrole nitrogens is 1. The number of aromatic amines is 1. The number of carbonyl (C=O) groups excluding carboxylic acids is 1. The minimum Gasteiger partial charge on any atom is -0.370 e. The summed E-state index contributed by atoms with van der Waals surface area (Å²) in [6.07, 6.45) is 8.07. The molecule has 2 N–H and O–H groups in total. The zero-order chi connectivity index (χ0) is 14.7.